The summed E-state index contributed by atoms with van der Waals surface area (Å²) in [5.41, 5.74) is 0. The second-order valence-corrected chi connectivity index (χ2v) is 3.81. The molecule has 0 heterocycles. The Kier molecular flexibility index (Phi) is 71.3. The summed E-state index contributed by atoms with van der Waals surface area (Å²) in [5.74, 6) is -1.18. The average molecular weight is 382 g/mol. The first-order valence-electron chi connectivity index (χ1n) is 7.20. The third-order valence-corrected chi connectivity index (χ3v) is 1.76. The van der Waals surface area contributed by atoms with Gasteiger partial charge < -0.3 is 14.6 Å². The van der Waals surface area contributed by atoms with Crippen LogP contribution in [0.2, 0.25) is 0 Å². The summed E-state index contributed by atoms with van der Waals surface area (Å²) < 4.78 is 4.14. The molecule has 0 atom stereocenters. The molecule has 0 bridgehead atoms. The van der Waals surface area contributed by atoms with E-state index in [2.05, 4.69) is 46.3 Å². The van der Waals surface area contributed by atoms with E-state index in [4.69, 9.17) is 0 Å². The molecule has 0 N–H and O–H groups in total. The largest absolute Gasteiger partial charge is 0.548 e. The van der Waals surface area contributed by atoms with Gasteiger partial charge in [0.2, 0.25) is 0 Å². The van der Waals surface area contributed by atoms with Crippen molar-refractivity contribution < 1.29 is 14.6 Å². The fraction of sp³-hybridized carbons (Fsp3) is 0.933. The molecule has 0 aromatic rings. The third kappa shape index (κ3) is 124. The van der Waals surface area contributed by atoms with Crippen LogP contribution in [0.5, 0.6) is 0 Å². The van der Waals surface area contributed by atoms with Crippen LogP contribution in [0.1, 0.15) is 80.1 Å². The van der Waals surface area contributed by atoms with Gasteiger partial charge in [-0.25, -0.2) is 0 Å². The molecule has 0 aliphatic rings. The summed E-state index contributed by atoms with van der Waals surface area (Å²) >= 11 is 0. The topological polar surface area (TPSA) is 49.4 Å². The number of hydrogen-bond donors (Lipinski definition) is 0. The molecule has 0 aromatic carbocycles. The minimum absolute atomic E-state index is 0. The van der Waals surface area contributed by atoms with Crippen molar-refractivity contribution in [1.29, 1.82) is 0 Å². The Hall–Kier alpha value is 0.229. The number of hydrogen-bond acceptors (Lipinski definition) is 3. The van der Waals surface area contributed by atoms with Crippen LogP contribution in [-0.2, 0) is 9.53 Å². The minimum Gasteiger partial charge on any atom is -0.548 e. The number of unbranched alkanes of at least 4 members (excludes halogenated alkanes) is 3. The van der Waals surface area contributed by atoms with Gasteiger partial charge in [-0.2, -0.15) is 0 Å². The first-order valence-corrected chi connectivity index (χ1v) is 7.20. The van der Waals surface area contributed by atoms with E-state index in [1.807, 2.05) is 0 Å². The van der Waals surface area contributed by atoms with E-state index in [9.17, 15) is 9.90 Å². The van der Waals surface area contributed by atoms with Gasteiger partial charge in [-0.15, -0.1) is 0 Å². The van der Waals surface area contributed by atoms with Crippen molar-refractivity contribution in [2.45, 2.75) is 80.1 Å². The van der Waals surface area contributed by atoms with Crippen LogP contribution in [0, 0.1) is 0 Å². The van der Waals surface area contributed by atoms with Gasteiger partial charge in [-0.1, -0.05) is 80.1 Å². The molecule has 4 radical (unpaired) electrons. The molecular formula is C15H35O3Sn-. The summed E-state index contributed by atoms with van der Waals surface area (Å²) in [6.45, 7) is 12.8. The van der Waals surface area contributed by atoms with Crippen LogP contribution in [0.3, 0.4) is 0 Å². The van der Waals surface area contributed by atoms with E-state index in [-0.39, 0.29) is 30.5 Å². The van der Waals surface area contributed by atoms with Crippen LogP contribution in [0.25, 0.3) is 0 Å². The Bertz CT molecular complexity index is 104. The molecule has 0 fully saturated rings. The van der Waals surface area contributed by atoms with Gasteiger partial charge in [-0.3, -0.25) is 0 Å². The fourth-order valence-electron chi connectivity index (χ4n) is 0.118. The van der Waals surface area contributed by atoms with Crippen LogP contribution in [0.15, 0.2) is 0 Å². The van der Waals surface area contributed by atoms with Gasteiger partial charge in [-0.05, 0) is 0 Å². The van der Waals surface area contributed by atoms with E-state index in [0.717, 1.165) is 0 Å². The number of rotatable bonds is 5. The van der Waals surface area contributed by atoms with Gasteiger partial charge in [0.1, 0.15) is 0 Å². The zero-order valence-corrected chi connectivity index (χ0v) is 17.0. The maximum atomic E-state index is 9.36. The predicted molar refractivity (Wildman–Crippen MR) is 84.4 cm³/mol. The molecule has 3 nitrogen and oxygen atoms in total. The Morgan fingerprint density at radius 2 is 1.00 bits per heavy atom. The van der Waals surface area contributed by atoms with E-state index in [1.165, 1.54) is 45.6 Å². The molecule has 0 aliphatic heterocycles. The van der Waals surface area contributed by atoms with Crippen molar-refractivity contribution in [3.63, 3.8) is 0 Å². The molecule has 0 aliphatic carbocycles. The summed E-state index contributed by atoms with van der Waals surface area (Å²) in [7, 11) is 1.30. The van der Waals surface area contributed by atoms with Crippen LogP contribution in [-0.4, -0.2) is 43.6 Å². The normalized spacial score (nSPS) is 7.32. The second kappa shape index (κ2) is 42.9. The zero-order chi connectivity index (χ0) is 15.2. The molecule has 19 heavy (non-hydrogen) atoms. The molecule has 118 valence electrons. The number of carboxylic acids is 1. The standard InChI is InChI=1S/3C4H10.C3H6O3.Sn/c3*1-3-4-2;1-6-2-3(4)5;/h3*3-4H2,1-2H3;2H2,1H3,(H,4,5);/p-1. The number of methoxy groups -OCH3 is 1. The fourth-order valence-corrected chi connectivity index (χ4v) is 0.118. The second-order valence-electron chi connectivity index (χ2n) is 3.81. The van der Waals surface area contributed by atoms with Crippen molar-refractivity contribution in [3.8, 4) is 0 Å². The number of aliphatic carboxylic acids is 1. The van der Waals surface area contributed by atoms with Gasteiger partial charge >= 0.3 is 0 Å². The SMILES string of the molecule is CCCC.CCCC.CCCC.COCC(=O)[O-].[Sn]. The maximum Gasteiger partial charge on any atom is 0.0857 e. The molecule has 4 heteroatoms. The van der Waals surface area contributed by atoms with Crippen LogP contribution < -0.4 is 5.11 Å². The molecule has 0 aromatic heterocycles. The number of carboxylic acid groups (broad SMARTS) is 1. The third-order valence-electron chi connectivity index (χ3n) is 1.76. The van der Waals surface area contributed by atoms with Crippen molar-refractivity contribution in [1.82, 2.24) is 0 Å². The molecule has 0 spiro atoms. The van der Waals surface area contributed by atoms with E-state index in [1.54, 1.807) is 0 Å². The van der Waals surface area contributed by atoms with Crippen molar-refractivity contribution >= 4 is 29.9 Å². The molecule has 0 amide bonds. The van der Waals surface area contributed by atoms with E-state index in [0.29, 0.717) is 0 Å². The van der Waals surface area contributed by atoms with Crippen LogP contribution >= 0.6 is 0 Å². The summed E-state index contributed by atoms with van der Waals surface area (Å²) in [6.07, 6.45) is 7.92. The monoisotopic (exact) mass is 383 g/mol. The van der Waals surface area contributed by atoms with Gasteiger partial charge in [0.05, 0.1) is 12.6 Å². The first kappa shape index (κ1) is 31.6. The summed E-state index contributed by atoms with van der Waals surface area (Å²) in [6, 6.07) is 0. The van der Waals surface area contributed by atoms with Gasteiger partial charge in [0.15, 0.2) is 0 Å². The molecule has 0 unspecified atom stereocenters. The summed E-state index contributed by atoms with van der Waals surface area (Å²) in [5, 5.41) is 9.36. The van der Waals surface area contributed by atoms with Gasteiger partial charge in [0.25, 0.3) is 0 Å². The molecule has 0 saturated heterocycles. The van der Waals surface area contributed by atoms with Gasteiger partial charge in [0, 0.05) is 31.0 Å². The first-order chi connectivity index (χ1) is 8.51. The van der Waals surface area contributed by atoms with E-state index >= 15 is 0 Å². The molecular weight excluding hydrogens is 347 g/mol. The Balaban J connectivity index is -0.0000000459. The average Bonchev–Trinajstić information content (AvgIpc) is 2.39. The number of ether oxygens (including phenoxy) is 1. The Morgan fingerprint density at radius 1 is 0.789 bits per heavy atom. The smallest absolute Gasteiger partial charge is 0.0857 e. The quantitative estimate of drug-likeness (QED) is 0.685. The predicted octanol–water partition coefficient (Wildman–Crippen LogP) is 3.42. The van der Waals surface area contributed by atoms with E-state index < -0.39 is 5.97 Å². The van der Waals surface area contributed by atoms with Crippen molar-refractivity contribution in [2.24, 2.45) is 0 Å². The Morgan fingerprint density at radius 3 is 1.00 bits per heavy atom. The van der Waals surface area contributed by atoms with Crippen LogP contribution in [0.4, 0.5) is 0 Å². The molecule has 0 saturated carbocycles. The zero-order valence-electron chi connectivity index (χ0n) is 14.2. The van der Waals surface area contributed by atoms with Crippen molar-refractivity contribution in [3.05, 3.63) is 0 Å². The van der Waals surface area contributed by atoms with Crippen molar-refractivity contribution in [2.75, 3.05) is 13.7 Å². The minimum atomic E-state index is -1.18. The number of carbonyl (C=O) groups is 1. The summed E-state index contributed by atoms with van der Waals surface area (Å²) in [4.78, 5) is 9.36. The maximum absolute atomic E-state index is 9.36. The number of carbonyl (C=O) groups excluding carboxylic acids is 1. The molecule has 0 rings (SSSR count). The Labute approximate surface area is 138 Å².